The van der Waals surface area contributed by atoms with Gasteiger partial charge in [-0.25, -0.2) is 0 Å². The summed E-state index contributed by atoms with van der Waals surface area (Å²) >= 11 is 0. The quantitative estimate of drug-likeness (QED) is 0.943. The third kappa shape index (κ3) is 3.89. The lowest BCUT2D eigenvalue weighted by Gasteiger charge is -2.36. The van der Waals surface area contributed by atoms with Crippen molar-refractivity contribution in [2.45, 2.75) is 31.9 Å². The van der Waals surface area contributed by atoms with Gasteiger partial charge in [0.2, 0.25) is 0 Å². The van der Waals surface area contributed by atoms with Crippen LogP contribution >= 0.6 is 0 Å². The van der Waals surface area contributed by atoms with Gasteiger partial charge in [-0.05, 0) is 49.7 Å². The third-order valence-corrected chi connectivity index (χ3v) is 4.52. The largest absolute Gasteiger partial charge is 0.497 e. The normalized spacial score (nSPS) is 22.0. The molecule has 4 heteroatoms. The number of rotatable bonds is 4. The van der Waals surface area contributed by atoms with Gasteiger partial charge >= 0.3 is 0 Å². The van der Waals surface area contributed by atoms with E-state index in [1.807, 2.05) is 43.3 Å². The SMILES string of the molecule is COc1cccc([C@@H]2CCN(Cc3cccc(C)n3)C[C@H]2O)c1. The average Bonchev–Trinajstić information content (AvgIpc) is 2.55. The summed E-state index contributed by atoms with van der Waals surface area (Å²) in [5.74, 6) is 1.02. The maximum Gasteiger partial charge on any atom is 0.119 e. The summed E-state index contributed by atoms with van der Waals surface area (Å²) < 4.78 is 5.29. The van der Waals surface area contributed by atoms with Gasteiger partial charge in [0.25, 0.3) is 0 Å². The number of benzene rings is 1. The van der Waals surface area contributed by atoms with Crippen LogP contribution < -0.4 is 4.74 Å². The topological polar surface area (TPSA) is 45.6 Å². The van der Waals surface area contributed by atoms with E-state index in [-0.39, 0.29) is 12.0 Å². The van der Waals surface area contributed by atoms with Crippen molar-refractivity contribution < 1.29 is 9.84 Å². The molecular weight excluding hydrogens is 288 g/mol. The smallest absolute Gasteiger partial charge is 0.119 e. The zero-order valence-corrected chi connectivity index (χ0v) is 13.8. The summed E-state index contributed by atoms with van der Waals surface area (Å²) in [5, 5.41) is 10.6. The van der Waals surface area contributed by atoms with E-state index in [1.54, 1.807) is 7.11 Å². The first-order valence-corrected chi connectivity index (χ1v) is 8.12. The van der Waals surface area contributed by atoms with Crippen molar-refractivity contribution in [3.05, 3.63) is 59.4 Å². The number of hydrogen-bond donors (Lipinski definition) is 1. The van der Waals surface area contributed by atoms with Crippen molar-refractivity contribution >= 4 is 0 Å². The summed E-state index contributed by atoms with van der Waals surface area (Å²) in [6.07, 6.45) is 0.584. The molecule has 2 atom stereocenters. The molecule has 1 aromatic carbocycles. The number of aromatic nitrogens is 1. The predicted molar refractivity (Wildman–Crippen MR) is 90.6 cm³/mol. The minimum atomic E-state index is -0.360. The van der Waals surface area contributed by atoms with Crippen molar-refractivity contribution in [1.29, 1.82) is 0 Å². The number of aryl methyl sites for hydroxylation is 1. The van der Waals surface area contributed by atoms with Crippen LogP contribution in [0.5, 0.6) is 5.75 Å². The van der Waals surface area contributed by atoms with E-state index in [1.165, 1.54) is 0 Å². The van der Waals surface area contributed by atoms with E-state index in [9.17, 15) is 5.11 Å². The summed E-state index contributed by atoms with van der Waals surface area (Å²) in [7, 11) is 1.67. The highest BCUT2D eigenvalue weighted by Gasteiger charge is 2.29. The van der Waals surface area contributed by atoms with Crippen molar-refractivity contribution in [2.75, 3.05) is 20.2 Å². The molecule has 2 heterocycles. The molecule has 0 aliphatic carbocycles. The fourth-order valence-corrected chi connectivity index (χ4v) is 3.32. The van der Waals surface area contributed by atoms with Gasteiger partial charge in [0.1, 0.15) is 5.75 Å². The van der Waals surface area contributed by atoms with Gasteiger partial charge in [0.15, 0.2) is 0 Å². The highest BCUT2D eigenvalue weighted by molar-refractivity contribution is 5.31. The van der Waals surface area contributed by atoms with Crippen molar-refractivity contribution in [1.82, 2.24) is 9.88 Å². The number of methoxy groups -OCH3 is 1. The number of pyridine rings is 1. The molecule has 0 amide bonds. The fraction of sp³-hybridized carbons (Fsp3) is 0.421. The Kier molecular flexibility index (Phi) is 4.94. The number of ether oxygens (including phenoxy) is 1. The van der Waals surface area contributed by atoms with Crippen molar-refractivity contribution in [3.8, 4) is 5.75 Å². The van der Waals surface area contributed by atoms with Crippen LogP contribution in [0.4, 0.5) is 0 Å². The highest BCUT2D eigenvalue weighted by Crippen LogP contribution is 2.30. The molecule has 1 aliphatic heterocycles. The van der Waals surface area contributed by atoms with E-state index in [0.717, 1.165) is 42.2 Å². The van der Waals surface area contributed by atoms with Crippen LogP contribution in [0.3, 0.4) is 0 Å². The molecule has 0 spiro atoms. The Morgan fingerprint density at radius 2 is 2.09 bits per heavy atom. The molecule has 0 unspecified atom stereocenters. The first-order chi connectivity index (χ1) is 11.2. The molecule has 3 rings (SSSR count). The van der Waals surface area contributed by atoms with E-state index in [4.69, 9.17) is 4.74 Å². The van der Waals surface area contributed by atoms with Crippen molar-refractivity contribution in [2.24, 2.45) is 0 Å². The lowest BCUT2D eigenvalue weighted by Crippen LogP contribution is -2.42. The van der Waals surface area contributed by atoms with Crippen LogP contribution in [0.1, 0.15) is 29.3 Å². The Hall–Kier alpha value is -1.91. The maximum atomic E-state index is 10.6. The molecule has 23 heavy (non-hydrogen) atoms. The average molecular weight is 312 g/mol. The fourth-order valence-electron chi connectivity index (χ4n) is 3.32. The second-order valence-electron chi connectivity index (χ2n) is 6.24. The molecule has 4 nitrogen and oxygen atoms in total. The number of piperidine rings is 1. The van der Waals surface area contributed by atoms with Gasteiger partial charge < -0.3 is 9.84 Å². The lowest BCUT2D eigenvalue weighted by atomic mass is 9.87. The Morgan fingerprint density at radius 3 is 2.83 bits per heavy atom. The predicted octanol–water partition coefficient (Wildman–Crippen LogP) is 2.75. The van der Waals surface area contributed by atoms with E-state index in [2.05, 4.69) is 16.0 Å². The van der Waals surface area contributed by atoms with Crippen molar-refractivity contribution in [3.63, 3.8) is 0 Å². The van der Waals surface area contributed by atoms with E-state index >= 15 is 0 Å². The van der Waals surface area contributed by atoms with Crippen LogP contribution in [0.15, 0.2) is 42.5 Å². The molecule has 0 saturated carbocycles. The van der Waals surface area contributed by atoms with Crippen LogP contribution in [-0.4, -0.2) is 41.3 Å². The molecule has 1 aliphatic rings. The summed E-state index contributed by atoms with van der Waals surface area (Å²) in [4.78, 5) is 6.83. The van der Waals surface area contributed by atoms with Gasteiger partial charge in [-0.1, -0.05) is 18.2 Å². The standard InChI is InChI=1S/C19H24N2O2/c1-14-5-3-7-16(20-14)12-21-10-9-18(19(22)13-21)15-6-4-8-17(11-15)23-2/h3-8,11,18-19,22H,9-10,12-13H2,1-2H3/t18-,19+/m0/s1. The minimum absolute atomic E-state index is 0.173. The van der Waals surface area contributed by atoms with Gasteiger partial charge in [-0.2, -0.15) is 0 Å². The second-order valence-corrected chi connectivity index (χ2v) is 6.24. The molecule has 1 N–H and O–H groups in total. The summed E-state index contributed by atoms with van der Waals surface area (Å²) in [6, 6.07) is 14.1. The number of β-amino-alcohol motifs (C(OH)–C–C–N with tert-alkyl or cyclic N) is 1. The van der Waals surface area contributed by atoms with Crippen LogP contribution in [0, 0.1) is 6.92 Å². The monoisotopic (exact) mass is 312 g/mol. The molecular formula is C19H24N2O2. The molecule has 0 radical (unpaired) electrons. The zero-order chi connectivity index (χ0) is 16.2. The first kappa shape index (κ1) is 16.0. The van der Waals surface area contributed by atoms with Gasteiger partial charge in [0.05, 0.1) is 18.9 Å². The Morgan fingerprint density at radius 1 is 1.26 bits per heavy atom. The summed E-state index contributed by atoms with van der Waals surface area (Å²) in [5.41, 5.74) is 3.26. The molecule has 1 aromatic heterocycles. The van der Waals surface area contributed by atoms with Gasteiger partial charge in [-0.15, -0.1) is 0 Å². The van der Waals surface area contributed by atoms with Crippen LogP contribution in [0.25, 0.3) is 0 Å². The van der Waals surface area contributed by atoms with Gasteiger partial charge in [-0.3, -0.25) is 9.88 Å². The zero-order valence-electron chi connectivity index (χ0n) is 13.8. The minimum Gasteiger partial charge on any atom is -0.497 e. The highest BCUT2D eigenvalue weighted by atomic mass is 16.5. The molecule has 2 aromatic rings. The third-order valence-electron chi connectivity index (χ3n) is 4.52. The van der Waals surface area contributed by atoms with Crippen LogP contribution in [-0.2, 0) is 6.54 Å². The summed E-state index contributed by atoms with van der Waals surface area (Å²) in [6.45, 7) is 4.45. The van der Waals surface area contributed by atoms with E-state index in [0.29, 0.717) is 6.54 Å². The molecule has 1 fully saturated rings. The Bertz CT molecular complexity index is 659. The first-order valence-electron chi connectivity index (χ1n) is 8.12. The number of hydrogen-bond acceptors (Lipinski definition) is 4. The second kappa shape index (κ2) is 7.11. The lowest BCUT2D eigenvalue weighted by molar-refractivity contribution is 0.0470. The number of nitrogens with zero attached hydrogens (tertiary/aromatic N) is 2. The Balaban J connectivity index is 1.65. The molecule has 122 valence electrons. The Labute approximate surface area is 137 Å². The molecule has 0 bridgehead atoms. The number of aliphatic hydroxyl groups is 1. The number of aliphatic hydroxyl groups excluding tert-OH is 1. The van der Waals surface area contributed by atoms with Crippen LogP contribution in [0.2, 0.25) is 0 Å². The van der Waals surface area contributed by atoms with E-state index < -0.39 is 0 Å². The van der Waals surface area contributed by atoms with Gasteiger partial charge in [0, 0.05) is 24.7 Å². The maximum absolute atomic E-state index is 10.6. The number of likely N-dealkylation sites (tertiary alicyclic amines) is 1. The molecule has 1 saturated heterocycles.